The van der Waals surface area contributed by atoms with Crippen LogP contribution in [0.4, 0.5) is 0 Å². The molecule has 1 fully saturated rings. The smallest absolute Gasteiger partial charge is 0.223 e. The van der Waals surface area contributed by atoms with Gasteiger partial charge >= 0.3 is 0 Å². The van der Waals surface area contributed by atoms with Gasteiger partial charge in [-0.2, -0.15) is 0 Å². The van der Waals surface area contributed by atoms with Gasteiger partial charge in [0.25, 0.3) is 0 Å². The van der Waals surface area contributed by atoms with Crippen LogP contribution in [0.1, 0.15) is 55.4 Å². The van der Waals surface area contributed by atoms with E-state index in [1.54, 1.807) is 14.2 Å². The number of ether oxygens (including phenoxy) is 2. The van der Waals surface area contributed by atoms with E-state index < -0.39 is 0 Å². The summed E-state index contributed by atoms with van der Waals surface area (Å²) in [7, 11) is 3.24. The Balaban J connectivity index is 1.40. The standard InChI is InChI=1S/C20H26N4O3/c1-13-11-23(12-18-21-22-20(24(13)18)15-6-7-15)19(25)9-5-14-4-8-16(26-2)17(10-14)27-3/h4,8,10,13,15H,5-7,9,11-12H2,1-3H3/t13-/m0/s1. The van der Waals surface area contributed by atoms with E-state index in [1.807, 2.05) is 23.1 Å². The monoisotopic (exact) mass is 370 g/mol. The van der Waals surface area contributed by atoms with Crippen LogP contribution in [0.15, 0.2) is 18.2 Å². The van der Waals surface area contributed by atoms with Crippen LogP contribution in [0.2, 0.25) is 0 Å². The van der Waals surface area contributed by atoms with Gasteiger partial charge in [0.1, 0.15) is 5.82 Å². The molecule has 4 rings (SSSR count). The Morgan fingerprint density at radius 3 is 2.67 bits per heavy atom. The van der Waals surface area contributed by atoms with Crippen LogP contribution in [0.5, 0.6) is 11.5 Å². The highest BCUT2D eigenvalue weighted by molar-refractivity contribution is 5.76. The third-order valence-electron chi connectivity index (χ3n) is 5.42. The molecule has 0 unspecified atom stereocenters. The Labute approximate surface area is 159 Å². The van der Waals surface area contributed by atoms with Crippen molar-refractivity contribution in [3.05, 3.63) is 35.4 Å². The van der Waals surface area contributed by atoms with Crippen molar-refractivity contribution in [2.45, 2.75) is 51.1 Å². The summed E-state index contributed by atoms with van der Waals surface area (Å²) in [6.45, 7) is 3.41. The minimum Gasteiger partial charge on any atom is -0.493 e. The lowest BCUT2D eigenvalue weighted by Gasteiger charge is -2.32. The summed E-state index contributed by atoms with van der Waals surface area (Å²) in [6.07, 6.45) is 3.55. The molecule has 7 heteroatoms. The second-order valence-electron chi connectivity index (χ2n) is 7.43. The van der Waals surface area contributed by atoms with Crippen molar-refractivity contribution < 1.29 is 14.3 Å². The molecule has 144 valence electrons. The van der Waals surface area contributed by atoms with Gasteiger partial charge in [-0.15, -0.1) is 10.2 Å². The number of hydrogen-bond acceptors (Lipinski definition) is 5. The number of rotatable bonds is 6. The number of aryl methyl sites for hydroxylation is 1. The van der Waals surface area contributed by atoms with Crippen LogP contribution in [-0.2, 0) is 17.8 Å². The van der Waals surface area contributed by atoms with E-state index in [-0.39, 0.29) is 11.9 Å². The minimum absolute atomic E-state index is 0.152. The normalized spacial score (nSPS) is 18.9. The Kier molecular flexibility index (Phi) is 4.76. The average Bonchev–Trinajstić information content (AvgIpc) is 3.44. The topological polar surface area (TPSA) is 69.5 Å². The summed E-state index contributed by atoms with van der Waals surface area (Å²) >= 11 is 0. The first-order chi connectivity index (χ1) is 13.1. The maximum Gasteiger partial charge on any atom is 0.223 e. The van der Waals surface area contributed by atoms with Crippen LogP contribution < -0.4 is 9.47 Å². The van der Waals surface area contributed by atoms with E-state index in [2.05, 4.69) is 21.7 Å². The van der Waals surface area contributed by atoms with Crippen LogP contribution in [0.25, 0.3) is 0 Å². The molecule has 27 heavy (non-hydrogen) atoms. The highest BCUT2D eigenvalue weighted by atomic mass is 16.5. The summed E-state index contributed by atoms with van der Waals surface area (Å²) in [4.78, 5) is 14.7. The van der Waals surface area contributed by atoms with Crippen molar-refractivity contribution in [1.82, 2.24) is 19.7 Å². The first-order valence-electron chi connectivity index (χ1n) is 9.53. The zero-order valence-corrected chi connectivity index (χ0v) is 16.1. The molecule has 7 nitrogen and oxygen atoms in total. The number of carbonyl (C=O) groups is 1. The van der Waals surface area contributed by atoms with Gasteiger partial charge in [-0.3, -0.25) is 4.79 Å². The fourth-order valence-electron chi connectivity index (χ4n) is 3.82. The molecule has 0 N–H and O–H groups in total. The van der Waals surface area contributed by atoms with Crippen molar-refractivity contribution in [2.24, 2.45) is 0 Å². The summed E-state index contributed by atoms with van der Waals surface area (Å²) in [5.74, 6) is 4.13. The lowest BCUT2D eigenvalue weighted by atomic mass is 10.1. The molecule has 1 amide bonds. The van der Waals surface area contributed by atoms with Gasteiger partial charge in [0.05, 0.1) is 26.8 Å². The molecule has 1 saturated carbocycles. The van der Waals surface area contributed by atoms with Crippen LogP contribution >= 0.6 is 0 Å². The largest absolute Gasteiger partial charge is 0.493 e. The molecule has 1 atom stereocenters. The molecule has 1 aliphatic heterocycles. The van der Waals surface area contributed by atoms with Gasteiger partial charge in [0, 0.05) is 18.9 Å². The van der Waals surface area contributed by atoms with Crippen LogP contribution in [-0.4, -0.2) is 46.3 Å². The highest BCUT2D eigenvalue weighted by Crippen LogP contribution is 2.41. The van der Waals surface area contributed by atoms with Gasteiger partial charge in [0.2, 0.25) is 5.91 Å². The molecule has 2 aromatic rings. The molecule has 1 aromatic carbocycles. The average molecular weight is 370 g/mol. The fourth-order valence-corrected chi connectivity index (χ4v) is 3.82. The number of amides is 1. The molecular formula is C20H26N4O3. The van der Waals surface area contributed by atoms with E-state index in [0.717, 1.165) is 23.8 Å². The lowest BCUT2D eigenvalue weighted by molar-refractivity contribution is -0.133. The number of nitrogens with zero attached hydrogens (tertiary/aromatic N) is 4. The number of fused-ring (bicyclic) bond motifs is 1. The van der Waals surface area contributed by atoms with E-state index in [9.17, 15) is 4.79 Å². The number of methoxy groups -OCH3 is 2. The Hall–Kier alpha value is -2.57. The number of benzene rings is 1. The van der Waals surface area contributed by atoms with Crippen molar-refractivity contribution in [1.29, 1.82) is 0 Å². The van der Waals surface area contributed by atoms with E-state index in [1.165, 1.54) is 12.8 Å². The summed E-state index contributed by atoms with van der Waals surface area (Å²) in [6, 6.07) is 6.02. The van der Waals surface area contributed by atoms with Crippen molar-refractivity contribution in [3.8, 4) is 11.5 Å². The summed E-state index contributed by atoms with van der Waals surface area (Å²) in [5, 5.41) is 8.73. The Morgan fingerprint density at radius 2 is 1.96 bits per heavy atom. The van der Waals surface area contributed by atoms with Gasteiger partial charge < -0.3 is 18.9 Å². The van der Waals surface area contributed by atoms with Gasteiger partial charge in [0.15, 0.2) is 17.3 Å². The number of aromatic nitrogens is 3. The van der Waals surface area contributed by atoms with Gasteiger partial charge in [-0.05, 0) is 43.9 Å². The molecule has 0 spiro atoms. The maximum absolute atomic E-state index is 12.8. The molecule has 1 aliphatic carbocycles. The Morgan fingerprint density at radius 1 is 1.19 bits per heavy atom. The van der Waals surface area contributed by atoms with E-state index in [0.29, 0.717) is 36.8 Å². The first-order valence-corrected chi connectivity index (χ1v) is 9.53. The minimum atomic E-state index is 0.152. The molecule has 2 aliphatic rings. The zero-order chi connectivity index (χ0) is 19.0. The quantitative estimate of drug-likeness (QED) is 0.782. The highest BCUT2D eigenvalue weighted by Gasteiger charge is 2.35. The second-order valence-corrected chi connectivity index (χ2v) is 7.43. The van der Waals surface area contributed by atoms with Crippen molar-refractivity contribution in [3.63, 3.8) is 0 Å². The SMILES string of the molecule is COc1ccc(CCC(=O)N2Cc3nnc(C4CC4)n3[C@@H](C)C2)cc1OC. The maximum atomic E-state index is 12.8. The molecule has 0 radical (unpaired) electrons. The summed E-state index contributed by atoms with van der Waals surface area (Å²) < 4.78 is 12.9. The lowest BCUT2D eigenvalue weighted by Crippen LogP contribution is -2.40. The molecule has 1 aromatic heterocycles. The van der Waals surface area contributed by atoms with Gasteiger partial charge in [-0.1, -0.05) is 6.07 Å². The van der Waals surface area contributed by atoms with E-state index in [4.69, 9.17) is 9.47 Å². The second kappa shape index (κ2) is 7.21. The third-order valence-corrected chi connectivity index (χ3v) is 5.42. The first kappa shape index (κ1) is 17.8. The Bertz CT molecular complexity index is 844. The molecular weight excluding hydrogens is 344 g/mol. The van der Waals surface area contributed by atoms with Crippen LogP contribution in [0, 0.1) is 0 Å². The molecule has 2 heterocycles. The summed E-state index contributed by atoms with van der Waals surface area (Å²) in [5.41, 5.74) is 1.06. The van der Waals surface area contributed by atoms with Gasteiger partial charge in [-0.25, -0.2) is 0 Å². The fraction of sp³-hybridized carbons (Fsp3) is 0.550. The number of carbonyl (C=O) groups excluding carboxylic acids is 1. The van der Waals surface area contributed by atoms with Crippen molar-refractivity contribution in [2.75, 3.05) is 20.8 Å². The zero-order valence-electron chi connectivity index (χ0n) is 16.1. The van der Waals surface area contributed by atoms with Crippen LogP contribution in [0.3, 0.4) is 0 Å². The predicted octanol–water partition coefficient (Wildman–Crippen LogP) is 2.71. The van der Waals surface area contributed by atoms with E-state index >= 15 is 0 Å². The number of hydrogen-bond donors (Lipinski definition) is 0. The van der Waals surface area contributed by atoms with Crippen molar-refractivity contribution >= 4 is 5.91 Å². The third kappa shape index (κ3) is 3.50. The molecule has 0 bridgehead atoms. The molecule has 0 saturated heterocycles. The predicted molar refractivity (Wildman–Crippen MR) is 100.0 cm³/mol.